The van der Waals surface area contributed by atoms with Gasteiger partial charge in [-0.2, -0.15) is 0 Å². The van der Waals surface area contributed by atoms with Gasteiger partial charge >= 0.3 is 0 Å². The number of nitrogens with zero attached hydrogens (tertiary/aromatic N) is 1. The Morgan fingerprint density at radius 3 is 1.82 bits per heavy atom. The van der Waals surface area contributed by atoms with Gasteiger partial charge in [0.2, 0.25) is 0 Å². The maximum absolute atomic E-state index is 3.67. The molecule has 0 spiro atoms. The Hall–Kier alpha value is -2.29. The van der Waals surface area contributed by atoms with E-state index in [1.165, 1.54) is 22.3 Å². The lowest BCUT2D eigenvalue weighted by atomic mass is 9.78. The fraction of sp³-hybridized carbons (Fsp3) is 0.211. The molecule has 1 aromatic heterocycles. The third-order valence-corrected chi connectivity index (χ3v) is 3.94. The van der Waals surface area contributed by atoms with Crippen LogP contribution in [0.2, 0.25) is 6.32 Å². The third kappa shape index (κ3) is 4.11. The summed E-state index contributed by atoms with van der Waals surface area (Å²) in [5, 5.41) is 0. The average Bonchev–Trinajstić information content (AvgIpc) is 3.11. The predicted molar refractivity (Wildman–Crippen MR) is 96.1 cm³/mol. The van der Waals surface area contributed by atoms with E-state index in [9.17, 15) is 0 Å². The molecule has 0 aliphatic carbocycles. The lowest BCUT2D eigenvalue weighted by Gasteiger charge is -2.20. The zero-order valence-electron chi connectivity index (χ0n) is 13.6. The van der Waals surface area contributed by atoms with Crippen LogP contribution in [0.3, 0.4) is 0 Å². The smallest absolute Gasteiger partial charge is 0.102 e. The van der Waals surface area contributed by atoms with Gasteiger partial charge in [0.1, 0.15) is 7.85 Å². The first kappa shape index (κ1) is 16.1. The molecular weight excluding hydrogens is 267 g/mol. The largest absolute Gasteiger partial charge is 0.351 e. The van der Waals surface area contributed by atoms with Gasteiger partial charge in [-0.3, -0.25) is 0 Å². The summed E-state index contributed by atoms with van der Waals surface area (Å²) in [5.41, 5.74) is 5.71. The van der Waals surface area contributed by atoms with Crippen molar-refractivity contribution in [1.82, 2.24) is 9.97 Å². The van der Waals surface area contributed by atoms with Crippen molar-refractivity contribution in [3.8, 4) is 0 Å². The molecule has 0 atom stereocenters. The Labute approximate surface area is 134 Å². The molecule has 0 radical (unpaired) electrons. The highest BCUT2D eigenvalue weighted by Gasteiger charge is 2.15. The van der Waals surface area contributed by atoms with Gasteiger partial charge in [0.05, 0.1) is 6.33 Å². The maximum Gasteiger partial charge on any atom is 0.102 e. The summed E-state index contributed by atoms with van der Waals surface area (Å²) in [6.45, 7) is 4.41. The standard InChI is InChI=1S/C16H19B.C3H4N2/c1-12-7-3-5-9-14(12)16(11-17)15-10-6-4-8-13(15)2;1-2-5-3-4-1/h3-10,16H,11,17H2,1-2H3;1-3H,(H,4,5). The highest BCUT2D eigenvalue weighted by atomic mass is 14.8. The van der Waals surface area contributed by atoms with E-state index in [2.05, 4.69) is 80.2 Å². The zero-order chi connectivity index (χ0) is 15.8. The molecule has 0 amide bonds. The maximum atomic E-state index is 3.67. The monoisotopic (exact) mass is 290 g/mol. The number of H-pyrrole nitrogens is 1. The van der Waals surface area contributed by atoms with Crippen molar-refractivity contribution in [3.63, 3.8) is 0 Å². The number of aromatic nitrogens is 2. The van der Waals surface area contributed by atoms with Crippen LogP contribution in [0.15, 0.2) is 67.3 Å². The summed E-state index contributed by atoms with van der Waals surface area (Å²) in [7, 11) is 2.27. The first-order valence-electron chi connectivity index (χ1n) is 7.77. The summed E-state index contributed by atoms with van der Waals surface area (Å²) >= 11 is 0. The normalized spacial score (nSPS) is 10.1. The number of imidazole rings is 1. The number of rotatable bonds is 3. The molecule has 3 heteroatoms. The van der Waals surface area contributed by atoms with Crippen LogP contribution in [0.1, 0.15) is 28.2 Å². The minimum Gasteiger partial charge on any atom is -0.351 e. The molecule has 112 valence electrons. The van der Waals surface area contributed by atoms with Crippen molar-refractivity contribution in [1.29, 1.82) is 0 Å². The summed E-state index contributed by atoms with van der Waals surface area (Å²) in [4.78, 5) is 6.42. The molecule has 0 bridgehead atoms. The van der Waals surface area contributed by atoms with E-state index in [1.54, 1.807) is 18.7 Å². The van der Waals surface area contributed by atoms with E-state index in [-0.39, 0.29) is 0 Å². The van der Waals surface area contributed by atoms with Crippen LogP contribution in [0, 0.1) is 13.8 Å². The Morgan fingerprint density at radius 1 is 0.955 bits per heavy atom. The highest BCUT2D eigenvalue weighted by molar-refractivity contribution is 6.09. The van der Waals surface area contributed by atoms with E-state index in [4.69, 9.17) is 0 Å². The van der Waals surface area contributed by atoms with Crippen molar-refractivity contribution >= 4 is 7.85 Å². The summed E-state index contributed by atoms with van der Waals surface area (Å²) in [6, 6.07) is 17.4. The first-order chi connectivity index (χ1) is 10.7. The van der Waals surface area contributed by atoms with Crippen LogP contribution in [0.4, 0.5) is 0 Å². The van der Waals surface area contributed by atoms with Crippen molar-refractivity contribution in [2.45, 2.75) is 26.1 Å². The minimum atomic E-state index is 0.525. The molecule has 0 aliphatic rings. The highest BCUT2D eigenvalue weighted by Crippen LogP contribution is 2.31. The Bertz CT molecular complexity index is 615. The molecule has 0 aliphatic heterocycles. The number of nitrogens with one attached hydrogen (secondary N) is 1. The summed E-state index contributed by atoms with van der Waals surface area (Å²) in [5.74, 6) is 0.525. The van der Waals surface area contributed by atoms with Crippen molar-refractivity contribution < 1.29 is 0 Å². The quantitative estimate of drug-likeness (QED) is 0.728. The van der Waals surface area contributed by atoms with Gasteiger partial charge in [0, 0.05) is 18.3 Å². The van der Waals surface area contributed by atoms with Gasteiger partial charge in [-0.1, -0.05) is 54.9 Å². The molecular formula is C19H23BN2. The molecule has 1 N–H and O–H groups in total. The molecule has 2 aromatic carbocycles. The fourth-order valence-electron chi connectivity index (χ4n) is 2.78. The fourth-order valence-corrected chi connectivity index (χ4v) is 2.78. The Kier molecular flexibility index (Phi) is 6.02. The molecule has 3 rings (SSSR count). The van der Waals surface area contributed by atoms with Gasteiger partial charge in [0.25, 0.3) is 0 Å². The number of benzene rings is 2. The molecule has 1 heterocycles. The van der Waals surface area contributed by atoms with Gasteiger partial charge in [-0.15, -0.1) is 0 Å². The van der Waals surface area contributed by atoms with Crippen LogP contribution in [0.5, 0.6) is 0 Å². The number of hydrogen-bond donors (Lipinski definition) is 1. The number of aromatic amines is 1. The van der Waals surface area contributed by atoms with Crippen LogP contribution in [-0.2, 0) is 0 Å². The average molecular weight is 290 g/mol. The lowest BCUT2D eigenvalue weighted by molar-refractivity contribution is 0.896. The second-order valence-corrected chi connectivity index (χ2v) is 5.43. The molecule has 0 saturated heterocycles. The molecule has 0 fully saturated rings. The zero-order valence-corrected chi connectivity index (χ0v) is 13.6. The predicted octanol–water partition coefficient (Wildman–Crippen LogP) is 3.90. The van der Waals surface area contributed by atoms with Crippen LogP contribution < -0.4 is 0 Å². The van der Waals surface area contributed by atoms with E-state index in [0.29, 0.717) is 5.92 Å². The Balaban J connectivity index is 0.000000299. The van der Waals surface area contributed by atoms with E-state index in [1.807, 2.05) is 0 Å². The van der Waals surface area contributed by atoms with Crippen molar-refractivity contribution in [3.05, 3.63) is 89.5 Å². The second-order valence-electron chi connectivity index (χ2n) is 5.43. The van der Waals surface area contributed by atoms with Gasteiger partial charge in [0.15, 0.2) is 0 Å². The third-order valence-electron chi connectivity index (χ3n) is 3.94. The van der Waals surface area contributed by atoms with Gasteiger partial charge in [-0.25, -0.2) is 4.98 Å². The van der Waals surface area contributed by atoms with Crippen LogP contribution in [-0.4, -0.2) is 17.8 Å². The summed E-state index contributed by atoms with van der Waals surface area (Å²) in [6.07, 6.45) is 6.23. The summed E-state index contributed by atoms with van der Waals surface area (Å²) < 4.78 is 0. The van der Waals surface area contributed by atoms with Gasteiger partial charge < -0.3 is 4.98 Å². The topological polar surface area (TPSA) is 28.7 Å². The molecule has 2 nitrogen and oxygen atoms in total. The number of hydrogen-bond acceptors (Lipinski definition) is 1. The molecule has 22 heavy (non-hydrogen) atoms. The van der Waals surface area contributed by atoms with Crippen molar-refractivity contribution in [2.75, 3.05) is 0 Å². The number of aryl methyl sites for hydroxylation is 2. The van der Waals surface area contributed by atoms with E-state index < -0.39 is 0 Å². The second kappa shape index (κ2) is 8.23. The first-order valence-corrected chi connectivity index (χ1v) is 7.77. The lowest BCUT2D eigenvalue weighted by Crippen LogP contribution is -2.04. The SMILES string of the molecule is BCC(c1ccccc1C)c1ccccc1C.c1c[nH]cn1. The molecule has 0 saturated carbocycles. The van der Waals surface area contributed by atoms with Crippen LogP contribution >= 0.6 is 0 Å². The van der Waals surface area contributed by atoms with Crippen molar-refractivity contribution in [2.24, 2.45) is 0 Å². The molecule has 0 unspecified atom stereocenters. The van der Waals surface area contributed by atoms with E-state index in [0.717, 1.165) is 6.32 Å². The minimum absolute atomic E-state index is 0.525. The van der Waals surface area contributed by atoms with E-state index >= 15 is 0 Å². The Morgan fingerprint density at radius 2 is 1.50 bits per heavy atom. The van der Waals surface area contributed by atoms with Crippen LogP contribution in [0.25, 0.3) is 0 Å². The molecule has 3 aromatic rings. The van der Waals surface area contributed by atoms with Gasteiger partial charge in [-0.05, 0) is 36.1 Å².